The van der Waals surface area contributed by atoms with Crippen molar-refractivity contribution in [2.24, 2.45) is 0 Å². The van der Waals surface area contributed by atoms with Crippen LogP contribution in [0.25, 0.3) is 11.0 Å². The van der Waals surface area contributed by atoms with E-state index in [0.717, 1.165) is 43.0 Å². The highest BCUT2D eigenvalue weighted by atomic mass is 16.5. The van der Waals surface area contributed by atoms with Gasteiger partial charge < -0.3 is 15.0 Å². The summed E-state index contributed by atoms with van der Waals surface area (Å²) in [6.07, 6.45) is 1.26. The van der Waals surface area contributed by atoms with E-state index in [4.69, 9.17) is 4.74 Å². The summed E-state index contributed by atoms with van der Waals surface area (Å²) >= 11 is 0. The summed E-state index contributed by atoms with van der Waals surface area (Å²) in [5.74, 6) is 1.01. The van der Waals surface area contributed by atoms with Crippen LogP contribution in [0, 0.1) is 0 Å². The maximum Gasteiger partial charge on any atom is 0.109 e. The maximum atomic E-state index is 5.66. The molecular weight excluding hydrogens is 202 g/mol. The lowest BCUT2D eigenvalue weighted by atomic mass is 10.2. The van der Waals surface area contributed by atoms with Crippen LogP contribution in [0.1, 0.15) is 5.82 Å². The Bertz CT molecular complexity index is 443. The van der Waals surface area contributed by atoms with Crippen LogP contribution in [0.5, 0.6) is 0 Å². The largest absolute Gasteiger partial charge is 0.375 e. The van der Waals surface area contributed by atoms with Gasteiger partial charge in [0.25, 0.3) is 0 Å². The molecule has 4 nitrogen and oxygen atoms in total. The molecule has 3 rings (SSSR count). The highest BCUT2D eigenvalue weighted by Crippen LogP contribution is 2.10. The SMILES string of the molecule is c1ccc2[nH]c(CCOC3CNC3)nc2c1. The van der Waals surface area contributed by atoms with Gasteiger partial charge in [-0.1, -0.05) is 12.1 Å². The van der Waals surface area contributed by atoms with E-state index in [9.17, 15) is 0 Å². The van der Waals surface area contributed by atoms with E-state index in [2.05, 4.69) is 15.3 Å². The van der Waals surface area contributed by atoms with E-state index >= 15 is 0 Å². The van der Waals surface area contributed by atoms with Gasteiger partial charge in [0.2, 0.25) is 0 Å². The Morgan fingerprint density at radius 1 is 1.31 bits per heavy atom. The molecule has 1 aliphatic heterocycles. The zero-order valence-corrected chi connectivity index (χ0v) is 9.07. The molecule has 0 atom stereocenters. The number of hydrogen-bond donors (Lipinski definition) is 2. The summed E-state index contributed by atoms with van der Waals surface area (Å²) in [6, 6.07) is 8.08. The van der Waals surface area contributed by atoms with Crippen molar-refractivity contribution >= 4 is 11.0 Å². The van der Waals surface area contributed by atoms with E-state index in [1.165, 1.54) is 0 Å². The van der Waals surface area contributed by atoms with Crippen molar-refractivity contribution in [2.45, 2.75) is 12.5 Å². The number of rotatable bonds is 4. The first-order chi connectivity index (χ1) is 7.92. The third kappa shape index (κ3) is 1.94. The third-order valence-electron chi connectivity index (χ3n) is 2.87. The van der Waals surface area contributed by atoms with Gasteiger partial charge in [-0.05, 0) is 12.1 Å². The van der Waals surface area contributed by atoms with Crippen molar-refractivity contribution in [3.63, 3.8) is 0 Å². The van der Waals surface area contributed by atoms with Gasteiger partial charge >= 0.3 is 0 Å². The molecule has 0 radical (unpaired) electrons. The normalized spacial score (nSPS) is 16.5. The summed E-state index contributed by atoms with van der Waals surface area (Å²) in [5, 5.41) is 3.18. The molecule has 2 heterocycles. The molecule has 2 N–H and O–H groups in total. The first-order valence-corrected chi connectivity index (χ1v) is 5.68. The fourth-order valence-corrected chi connectivity index (χ4v) is 1.83. The highest BCUT2D eigenvalue weighted by molar-refractivity contribution is 5.74. The second kappa shape index (κ2) is 4.23. The second-order valence-electron chi connectivity index (χ2n) is 4.10. The Labute approximate surface area is 94.0 Å². The molecule has 0 amide bonds. The molecule has 0 unspecified atom stereocenters. The predicted octanol–water partition coefficient (Wildman–Crippen LogP) is 1.09. The van der Waals surface area contributed by atoms with Gasteiger partial charge in [0, 0.05) is 19.5 Å². The zero-order chi connectivity index (χ0) is 10.8. The van der Waals surface area contributed by atoms with Crippen molar-refractivity contribution < 1.29 is 4.74 Å². The number of aromatic nitrogens is 2. The Hall–Kier alpha value is -1.39. The lowest BCUT2D eigenvalue weighted by Crippen LogP contribution is -2.48. The molecule has 4 heteroatoms. The molecule has 1 saturated heterocycles. The molecule has 0 spiro atoms. The van der Waals surface area contributed by atoms with Gasteiger partial charge in [0.05, 0.1) is 23.7 Å². The van der Waals surface area contributed by atoms with Crippen LogP contribution >= 0.6 is 0 Å². The molecule has 1 fully saturated rings. The fourth-order valence-electron chi connectivity index (χ4n) is 1.83. The maximum absolute atomic E-state index is 5.66. The molecule has 84 valence electrons. The number of nitrogens with one attached hydrogen (secondary N) is 2. The predicted molar refractivity (Wildman–Crippen MR) is 62.4 cm³/mol. The lowest BCUT2D eigenvalue weighted by molar-refractivity contribution is 0.0202. The van der Waals surface area contributed by atoms with Crippen molar-refractivity contribution in [1.82, 2.24) is 15.3 Å². The molecule has 1 aliphatic rings. The molecule has 0 saturated carbocycles. The number of fused-ring (bicyclic) bond motifs is 1. The molecule has 0 aliphatic carbocycles. The molecule has 2 aromatic rings. The zero-order valence-electron chi connectivity index (χ0n) is 9.07. The number of nitrogens with zero attached hydrogens (tertiary/aromatic N) is 1. The fraction of sp³-hybridized carbons (Fsp3) is 0.417. The summed E-state index contributed by atoms with van der Waals surface area (Å²) in [4.78, 5) is 7.80. The number of imidazole rings is 1. The highest BCUT2D eigenvalue weighted by Gasteiger charge is 2.16. The summed E-state index contributed by atoms with van der Waals surface area (Å²) < 4.78 is 5.66. The van der Waals surface area contributed by atoms with Crippen molar-refractivity contribution in [3.8, 4) is 0 Å². The van der Waals surface area contributed by atoms with Crippen LogP contribution in [0.3, 0.4) is 0 Å². The molecule has 0 bridgehead atoms. The molecule has 1 aromatic carbocycles. The second-order valence-corrected chi connectivity index (χ2v) is 4.10. The number of ether oxygens (including phenoxy) is 1. The number of hydrogen-bond acceptors (Lipinski definition) is 3. The third-order valence-corrected chi connectivity index (χ3v) is 2.87. The van der Waals surface area contributed by atoms with Crippen LogP contribution in [0.2, 0.25) is 0 Å². The van der Waals surface area contributed by atoms with Gasteiger partial charge in [-0.15, -0.1) is 0 Å². The summed E-state index contributed by atoms with van der Waals surface area (Å²) in [6.45, 7) is 2.71. The quantitative estimate of drug-likeness (QED) is 0.806. The average molecular weight is 217 g/mol. The Morgan fingerprint density at radius 3 is 2.94 bits per heavy atom. The summed E-state index contributed by atoms with van der Waals surface area (Å²) in [5.41, 5.74) is 2.13. The number of para-hydroxylation sites is 2. The Balaban J connectivity index is 1.60. The Kier molecular flexibility index (Phi) is 2.60. The van der Waals surface area contributed by atoms with E-state index in [-0.39, 0.29) is 0 Å². The van der Waals surface area contributed by atoms with Crippen LogP contribution in [0.15, 0.2) is 24.3 Å². The minimum atomic E-state index is 0.407. The van der Waals surface area contributed by atoms with E-state index in [1.807, 2.05) is 24.3 Å². The van der Waals surface area contributed by atoms with Gasteiger partial charge in [0.15, 0.2) is 0 Å². The standard InChI is InChI=1S/C12H15N3O/c1-2-4-11-10(3-1)14-12(15-11)5-6-16-9-7-13-8-9/h1-4,9,13H,5-8H2,(H,14,15). The molecule has 1 aromatic heterocycles. The van der Waals surface area contributed by atoms with Crippen LogP contribution in [0.4, 0.5) is 0 Å². The van der Waals surface area contributed by atoms with Crippen LogP contribution < -0.4 is 5.32 Å². The van der Waals surface area contributed by atoms with Gasteiger partial charge in [-0.25, -0.2) is 4.98 Å². The lowest BCUT2D eigenvalue weighted by Gasteiger charge is -2.26. The molecule has 16 heavy (non-hydrogen) atoms. The first-order valence-electron chi connectivity index (χ1n) is 5.68. The van der Waals surface area contributed by atoms with E-state index < -0.39 is 0 Å². The van der Waals surface area contributed by atoms with Crippen LogP contribution in [-0.2, 0) is 11.2 Å². The van der Waals surface area contributed by atoms with E-state index in [0.29, 0.717) is 6.10 Å². The monoisotopic (exact) mass is 217 g/mol. The first kappa shape index (κ1) is 9.81. The topological polar surface area (TPSA) is 49.9 Å². The van der Waals surface area contributed by atoms with Gasteiger partial charge in [0.1, 0.15) is 5.82 Å². The van der Waals surface area contributed by atoms with E-state index in [1.54, 1.807) is 0 Å². The van der Waals surface area contributed by atoms with Crippen LogP contribution in [-0.4, -0.2) is 35.8 Å². The van der Waals surface area contributed by atoms with Gasteiger partial charge in [-0.2, -0.15) is 0 Å². The number of benzene rings is 1. The number of aromatic amines is 1. The van der Waals surface area contributed by atoms with Crippen molar-refractivity contribution in [3.05, 3.63) is 30.1 Å². The number of H-pyrrole nitrogens is 1. The smallest absolute Gasteiger partial charge is 0.109 e. The molecular formula is C12H15N3O. The summed E-state index contributed by atoms with van der Waals surface area (Å²) in [7, 11) is 0. The van der Waals surface area contributed by atoms with Crippen molar-refractivity contribution in [1.29, 1.82) is 0 Å². The van der Waals surface area contributed by atoms with Crippen molar-refractivity contribution in [2.75, 3.05) is 19.7 Å². The average Bonchev–Trinajstić information content (AvgIpc) is 2.64. The van der Waals surface area contributed by atoms with Gasteiger partial charge in [-0.3, -0.25) is 0 Å². The minimum absolute atomic E-state index is 0.407. The Morgan fingerprint density at radius 2 is 2.19 bits per heavy atom. The minimum Gasteiger partial charge on any atom is -0.375 e.